The lowest BCUT2D eigenvalue weighted by atomic mass is 10.1. The summed E-state index contributed by atoms with van der Waals surface area (Å²) in [6, 6.07) is 12.4. The predicted octanol–water partition coefficient (Wildman–Crippen LogP) is 4.72. The van der Waals surface area contributed by atoms with Crippen LogP contribution in [0.2, 0.25) is 0 Å². The molecule has 6 nitrogen and oxygen atoms in total. The second-order valence-electron chi connectivity index (χ2n) is 7.54. The van der Waals surface area contributed by atoms with E-state index in [9.17, 15) is 0 Å². The molecule has 156 valence electrons. The SMILES string of the molecule is Cc1cnc(Nc2ccc(N3CCOCC3)cc2)nc1Sc1c(C)cc(N)cc1C. The Kier molecular flexibility index (Phi) is 6.11. The van der Waals surface area contributed by atoms with Crippen molar-refractivity contribution in [1.29, 1.82) is 0 Å². The Morgan fingerprint density at radius 1 is 1.00 bits per heavy atom. The Hall–Kier alpha value is -2.77. The molecule has 0 saturated carbocycles. The Morgan fingerprint density at radius 3 is 2.33 bits per heavy atom. The molecule has 1 saturated heterocycles. The second-order valence-corrected chi connectivity index (χ2v) is 8.54. The van der Waals surface area contributed by atoms with E-state index in [4.69, 9.17) is 15.5 Å². The van der Waals surface area contributed by atoms with Crippen LogP contribution in [0.1, 0.15) is 16.7 Å². The van der Waals surface area contributed by atoms with Gasteiger partial charge in [0.05, 0.1) is 13.2 Å². The van der Waals surface area contributed by atoms with Crippen molar-refractivity contribution in [2.75, 3.05) is 42.3 Å². The normalized spacial score (nSPS) is 14.0. The van der Waals surface area contributed by atoms with E-state index >= 15 is 0 Å². The van der Waals surface area contributed by atoms with E-state index in [1.54, 1.807) is 11.8 Å². The third-order valence-electron chi connectivity index (χ3n) is 5.11. The fraction of sp³-hybridized carbons (Fsp3) is 0.304. The van der Waals surface area contributed by atoms with E-state index in [0.717, 1.165) is 59.4 Å². The van der Waals surface area contributed by atoms with Crippen LogP contribution in [-0.2, 0) is 4.74 Å². The Labute approximate surface area is 181 Å². The van der Waals surface area contributed by atoms with Crippen LogP contribution in [0.25, 0.3) is 0 Å². The maximum atomic E-state index is 5.97. The van der Waals surface area contributed by atoms with E-state index in [2.05, 4.69) is 53.3 Å². The minimum atomic E-state index is 0.591. The number of nitrogens with one attached hydrogen (secondary N) is 1. The summed E-state index contributed by atoms with van der Waals surface area (Å²) < 4.78 is 5.43. The number of benzene rings is 2. The van der Waals surface area contributed by atoms with Crippen LogP contribution in [0.5, 0.6) is 0 Å². The largest absolute Gasteiger partial charge is 0.399 e. The first kappa shape index (κ1) is 20.5. The molecule has 0 bridgehead atoms. The van der Waals surface area contributed by atoms with Crippen LogP contribution in [-0.4, -0.2) is 36.3 Å². The van der Waals surface area contributed by atoms with Crippen molar-refractivity contribution in [2.24, 2.45) is 0 Å². The summed E-state index contributed by atoms with van der Waals surface area (Å²) in [7, 11) is 0. The minimum Gasteiger partial charge on any atom is -0.399 e. The smallest absolute Gasteiger partial charge is 0.228 e. The number of rotatable bonds is 5. The van der Waals surface area contributed by atoms with Crippen LogP contribution >= 0.6 is 11.8 Å². The van der Waals surface area contributed by atoms with Crippen molar-refractivity contribution < 1.29 is 4.74 Å². The van der Waals surface area contributed by atoms with Gasteiger partial charge in [-0.3, -0.25) is 0 Å². The van der Waals surface area contributed by atoms with Gasteiger partial charge >= 0.3 is 0 Å². The van der Waals surface area contributed by atoms with Gasteiger partial charge in [0, 0.05) is 46.8 Å². The molecule has 2 heterocycles. The third kappa shape index (κ3) is 4.68. The molecular formula is C23H27N5OS. The van der Waals surface area contributed by atoms with Crippen LogP contribution in [0.3, 0.4) is 0 Å². The van der Waals surface area contributed by atoms with Crippen molar-refractivity contribution in [3.8, 4) is 0 Å². The van der Waals surface area contributed by atoms with Crippen molar-refractivity contribution in [2.45, 2.75) is 30.7 Å². The molecule has 1 aliphatic heterocycles. The van der Waals surface area contributed by atoms with Crippen molar-refractivity contribution in [3.63, 3.8) is 0 Å². The Bertz CT molecular complexity index is 1010. The molecule has 3 N–H and O–H groups in total. The molecule has 3 aromatic rings. The average molecular weight is 422 g/mol. The van der Waals surface area contributed by atoms with Gasteiger partial charge in [0.2, 0.25) is 5.95 Å². The van der Waals surface area contributed by atoms with Crippen molar-refractivity contribution >= 4 is 34.8 Å². The molecule has 0 spiro atoms. The molecule has 7 heteroatoms. The van der Waals surface area contributed by atoms with Gasteiger partial charge in [-0.1, -0.05) is 11.8 Å². The number of morpholine rings is 1. The third-order valence-corrected chi connectivity index (χ3v) is 6.56. The monoisotopic (exact) mass is 421 g/mol. The van der Waals surface area contributed by atoms with E-state index in [0.29, 0.717) is 5.95 Å². The fourth-order valence-electron chi connectivity index (χ4n) is 3.54. The van der Waals surface area contributed by atoms with Crippen molar-refractivity contribution in [3.05, 3.63) is 59.3 Å². The maximum absolute atomic E-state index is 5.97. The van der Waals surface area contributed by atoms with Gasteiger partial charge in [-0.25, -0.2) is 9.97 Å². The quantitative estimate of drug-likeness (QED) is 0.456. The minimum absolute atomic E-state index is 0.591. The number of ether oxygens (including phenoxy) is 1. The average Bonchev–Trinajstić information content (AvgIpc) is 2.74. The molecule has 0 aliphatic carbocycles. The number of aromatic nitrogens is 2. The lowest BCUT2D eigenvalue weighted by Crippen LogP contribution is -2.36. The first-order valence-corrected chi connectivity index (χ1v) is 10.9. The summed E-state index contributed by atoms with van der Waals surface area (Å²) in [5.41, 5.74) is 12.3. The van der Waals surface area contributed by atoms with Gasteiger partial charge in [-0.05, 0) is 68.3 Å². The number of anilines is 4. The van der Waals surface area contributed by atoms with Crippen LogP contribution in [0, 0.1) is 20.8 Å². The summed E-state index contributed by atoms with van der Waals surface area (Å²) in [4.78, 5) is 12.7. The molecular weight excluding hydrogens is 394 g/mol. The molecule has 1 aliphatic rings. The number of nitrogens with zero attached hydrogens (tertiary/aromatic N) is 3. The topological polar surface area (TPSA) is 76.3 Å². The number of hydrogen-bond acceptors (Lipinski definition) is 7. The van der Waals surface area contributed by atoms with Crippen LogP contribution in [0.4, 0.5) is 23.0 Å². The maximum Gasteiger partial charge on any atom is 0.228 e. The molecule has 30 heavy (non-hydrogen) atoms. The molecule has 2 aromatic carbocycles. The van der Waals surface area contributed by atoms with Gasteiger partial charge in [0.1, 0.15) is 5.03 Å². The standard InChI is InChI=1S/C23H27N5OS/c1-15-12-18(24)13-16(2)21(15)30-22-17(3)14-25-23(27-22)26-19-4-6-20(7-5-19)28-8-10-29-11-9-28/h4-7,12-14H,8-11,24H2,1-3H3,(H,25,26,27). The first-order valence-electron chi connectivity index (χ1n) is 10.1. The number of hydrogen-bond donors (Lipinski definition) is 2. The Morgan fingerprint density at radius 2 is 1.67 bits per heavy atom. The van der Waals surface area contributed by atoms with E-state index < -0.39 is 0 Å². The van der Waals surface area contributed by atoms with Crippen molar-refractivity contribution in [1.82, 2.24) is 9.97 Å². The summed E-state index contributed by atoms with van der Waals surface area (Å²) in [5.74, 6) is 0.591. The molecule has 0 unspecified atom stereocenters. The van der Waals surface area contributed by atoms with E-state index in [1.807, 2.05) is 25.3 Å². The molecule has 4 rings (SSSR count). The molecule has 0 amide bonds. The van der Waals surface area contributed by atoms with E-state index in [1.165, 1.54) is 10.6 Å². The van der Waals surface area contributed by atoms with Gasteiger partial charge in [0.15, 0.2) is 0 Å². The van der Waals surface area contributed by atoms with Gasteiger partial charge in [-0.2, -0.15) is 0 Å². The highest BCUT2D eigenvalue weighted by Gasteiger charge is 2.13. The molecule has 0 radical (unpaired) electrons. The molecule has 1 fully saturated rings. The summed E-state index contributed by atoms with van der Waals surface area (Å²) in [6.45, 7) is 9.62. The lowest BCUT2D eigenvalue weighted by Gasteiger charge is -2.28. The summed E-state index contributed by atoms with van der Waals surface area (Å²) in [5, 5.41) is 4.27. The predicted molar refractivity (Wildman–Crippen MR) is 124 cm³/mol. The zero-order chi connectivity index (χ0) is 21.1. The lowest BCUT2D eigenvalue weighted by molar-refractivity contribution is 0.122. The first-order chi connectivity index (χ1) is 14.5. The summed E-state index contributed by atoms with van der Waals surface area (Å²) >= 11 is 1.66. The number of nitrogen functional groups attached to an aromatic ring is 1. The van der Waals surface area contributed by atoms with Gasteiger partial charge in [0.25, 0.3) is 0 Å². The van der Waals surface area contributed by atoms with Gasteiger partial charge in [-0.15, -0.1) is 0 Å². The summed E-state index contributed by atoms with van der Waals surface area (Å²) in [6.07, 6.45) is 1.86. The number of aryl methyl sites for hydroxylation is 3. The van der Waals surface area contributed by atoms with Gasteiger partial charge < -0.3 is 20.7 Å². The van der Waals surface area contributed by atoms with Crippen LogP contribution in [0.15, 0.2) is 52.5 Å². The van der Waals surface area contributed by atoms with E-state index in [-0.39, 0.29) is 0 Å². The molecule has 0 atom stereocenters. The number of nitrogens with two attached hydrogens (primary N) is 1. The zero-order valence-electron chi connectivity index (χ0n) is 17.6. The second kappa shape index (κ2) is 8.93. The highest BCUT2D eigenvalue weighted by molar-refractivity contribution is 7.99. The highest BCUT2D eigenvalue weighted by Crippen LogP contribution is 2.35. The molecule has 1 aromatic heterocycles. The zero-order valence-corrected chi connectivity index (χ0v) is 18.4. The fourth-order valence-corrected chi connectivity index (χ4v) is 4.52. The van der Waals surface area contributed by atoms with Crippen LogP contribution < -0.4 is 16.0 Å². The highest BCUT2D eigenvalue weighted by atomic mass is 32.2. The Balaban J connectivity index is 1.51.